The van der Waals surface area contributed by atoms with Crippen LogP contribution in [0.4, 0.5) is 4.79 Å². The lowest BCUT2D eigenvalue weighted by Gasteiger charge is -2.11. The van der Waals surface area contributed by atoms with Gasteiger partial charge in [-0.15, -0.1) is 0 Å². The number of carbonyl (C=O) groups excluding carboxylic acids is 1. The minimum atomic E-state index is -0.351. The van der Waals surface area contributed by atoms with E-state index in [0.29, 0.717) is 11.7 Å². The van der Waals surface area contributed by atoms with Crippen molar-refractivity contribution in [3.63, 3.8) is 0 Å². The second-order valence-electron chi connectivity index (χ2n) is 4.87. The third-order valence-corrected chi connectivity index (χ3v) is 3.29. The Labute approximate surface area is 102 Å². The van der Waals surface area contributed by atoms with E-state index in [9.17, 15) is 4.79 Å². The summed E-state index contributed by atoms with van der Waals surface area (Å²) in [5, 5.41) is 2.83. The minimum absolute atomic E-state index is 0.351. The number of benzene rings is 1. The SMILES string of the molecule is CC1CCC(CNC(=O)Oc2ccccc2)C1. The maximum Gasteiger partial charge on any atom is 0.412 e. The van der Waals surface area contributed by atoms with Crippen LogP contribution < -0.4 is 10.1 Å². The number of carbonyl (C=O) groups is 1. The fourth-order valence-electron chi connectivity index (χ4n) is 2.37. The normalized spacial score (nSPS) is 23.4. The first-order valence-electron chi connectivity index (χ1n) is 6.25. The molecule has 3 nitrogen and oxygen atoms in total. The second kappa shape index (κ2) is 5.71. The van der Waals surface area contributed by atoms with Crippen LogP contribution in [-0.2, 0) is 0 Å². The van der Waals surface area contributed by atoms with Gasteiger partial charge in [0.1, 0.15) is 5.75 Å². The Morgan fingerprint density at radius 2 is 2.12 bits per heavy atom. The molecule has 0 spiro atoms. The fraction of sp³-hybridized carbons (Fsp3) is 0.500. The van der Waals surface area contributed by atoms with E-state index in [1.807, 2.05) is 18.2 Å². The second-order valence-corrected chi connectivity index (χ2v) is 4.87. The van der Waals surface area contributed by atoms with Gasteiger partial charge in [-0.2, -0.15) is 0 Å². The zero-order valence-corrected chi connectivity index (χ0v) is 10.2. The van der Waals surface area contributed by atoms with Crippen molar-refractivity contribution in [2.45, 2.75) is 26.2 Å². The first-order chi connectivity index (χ1) is 8.24. The molecule has 2 rings (SSSR count). The molecule has 1 aliphatic rings. The van der Waals surface area contributed by atoms with E-state index in [4.69, 9.17) is 4.74 Å². The molecule has 0 aliphatic heterocycles. The molecule has 1 aromatic rings. The van der Waals surface area contributed by atoms with Gasteiger partial charge >= 0.3 is 6.09 Å². The summed E-state index contributed by atoms with van der Waals surface area (Å²) in [5.41, 5.74) is 0. The van der Waals surface area contributed by atoms with Crippen molar-refractivity contribution < 1.29 is 9.53 Å². The number of hydrogen-bond donors (Lipinski definition) is 1. The van der Waals surface area contributed by atoms with Crippen LogP contribution in [0.15, 0.2) is 30.3 Å². The van der Waals surface area contributed by atoms with E-state index in [1.165, 1.54) is 19.3 Å². The summed E-state index contributed by atoms with van der Waals surface area (Å²) in [6.45, 7) is 3.00. The van der Waals surface area contributed by atoms with Gasteiger partial charge in [0.15, 0.2) is 0 Å². The molecule has 1 saturated carbocycles. The molecule has 1 N–H and O–H groups in total. The first-order valence-corrected chi connectivity index (χ1v) is 6.25. The number of hydrogen-bond acceptors (Lipinski definition) is 2. The van der Waals surface area contributed by atoms with Crippen LogP contribution in [0, 0.1) is 11.8 Å². The molecule has 1 fully saturated rings. The molecule has 0 heterocycles. The maximum atomic E-state index is 11.5. The van der Waals surface area contributed by atoms with Gasteiger partial charge in [-0.25, -0.2) is 4.79 Å². The highest BCUT2D eigenvalue weighted by Crippen LogP contribution is 2.29. The van der Waals surface area contributed by atoms with Crippen LogP contribution >= 0.6 is 0 Å². The van der Waals surface area contributed by atoms with Crippen molar-refractivity contribution in [1.29, 1.82) is 0 Å². The molecule has 17 heavy (non-hydrogen) atoms. The van der Waals surface area contributed by atoms with Crippen molar-refractivity contribution in [2.75, 3.05) is 6.54 Å². The Hall–Kier alpha value is -1.51. The summed E-state index contributed by atoms with van der Waals surface area (Å²) >= 11 is 0. The Bertz CT molecular complexity index is 364. The Morgan fingerprint density at radius 3 is 2.76 bits per heavy atom. The summed E-state index contributed by atoms with van der Waals surface area (Å²) in [6.07, 6.45) is 3.36. The van der Waals surface area contributed by atoms with Crippen molar-refractivity contribution in [3.05, 3.63) is 30.3 Å². The quantitative estimate of drug-likeness (QED) is 0.870. The molecule has 0 saturated heterocycles. The van der Waals surface area contributed by atoms with Crippen LogP contribution in [0.2, 0.25) is 0 Å². The molecule has 1 aliphatic carbocycles. The van der Waals surface area contributed by atoms with Crippen LogP contribution in [0.5, 0.6) is 5.75 Å². The van der Waals surface area contributed by atoms with E-state index in [1.54, 1.807) is 12.1 Å². The molecule has 1 amide bonds. The lowest BCUT2D eigenvalue weighted by molar-refractivity contribution is 0.198. The highest BCUT2D eigenvalue weighted by atomic mass is 16.5. The van der Waals surface area contributed by atoms with Crippen LogP contribution in [0.3, 0.4) is 0 Å². The van der Waals surface area contributed by atoms with Gasteiger partial charge in [0.05, 0.1) is 0 Å². The van der Waals surface area contributed by atoms with Crippen molar-refractivity contribution in [3.8, 4) is 5.75 Å². The number of rotatable bonds is 3. The van der Waals surface area contributed by atoms with Gasteiger partial charge in [-0.3, -0.25) is 0 Å². The third-order valence-electron chi connectivity index (χ3n) is 3.29. The van der Waals surface area contributed by atoms with E-state index in [0.717, 1.165) is 12.5 Å². The molecule has 1 aromatic carbocycles. The van der Waals surface area contributed by atoms with Crippen LogP contribution in [0.1, 0.15) is 26.2 Å². The number of para-hydroxylation sites is 1. The van der Waals surface area contributed by atoms with Gasteiger partial charge in [-0.05, 0) is 36.8 Å². The highest BCUT2D eigenvalue weighted by Gasteiger charge is 2.21. The maximum absolute atomic E-state index is 11.5. The molecule has 0 bridgehead atoms. The molecule has 3 heteroatoms. The van der Waals surface area contributed by atoms with E-state index in [2.05, 4.69) is 12.2 Å². The third kappa shape index (κ3) is 3.77. The molecule has 92 valence electrons. The van der Waals surface area contributed by atoms with E-state index < -0.39 is 0 Å². The Balaban J connectivity index is 1.71. The molecule has 2 atom stereocenters. The molecule has 0 aromatic heterocycles. The predicted molar refractivity (Wildman–Crippen MR) is 67.0 cm³/mol. The Morgan fingerprint density at radius 1 is 1.35 bits per heavy atom. The Kier molecular flexibility index (Phi) is 4.02. The minimum Gasteiger partial charge on any atom is -0.410 e. The largest absolute Gasteiger partial charge is 0.412 e. The van der Waals surface area contributed by atoms with E-state index in [-0.39, 0.29) is 6.09 Å². The first kappa shape index (κ1) is 12.0. The van der Waals surface area contributed by atoms with Crippen molar-refractivity contribution in [1.82, 2.24) is 5.32 Å². The van der Waals surface area contributed by atoms with Crippen LogP contribution in [-0.4, -0.2) is 12.6 Å². The smallest absolute Gasteiger partial charge is 0.410 e. The van der Waals surface area contributed by atoms with Gasteiger partial charge in [0.25, 0.3) is 0 Å². The average molecular weight is 233 g/mol. The molecule has 0 radical (unpaired) electrons. The summed E-state index contributed by atoms with van der Waals surface area (Å²) in [4.78, 5) is 11.5. The van der Waals surface area contributed by atoms with Gasteiger partial charge in [-0.1, -0.05) is 31.5 Å². The van der Waals surface area contributed by atoms with Crippen molar-refractivity contribution in [2.24, 2.45) is 11.8 Å². The van der Waals surface area contributed by atoms with Gasteiger partial charge in [0.2, 0.25) is 0 Å². The molecular weight excluding hydrogens is 214 g/mol. The standard InChI is InChI=1S/C14H19NO2/c1-11-7-8-12(9-11)10-15-14(16)17-13-5-3-2-4-6-13/h2-6,11-12H,7-10H2,1H3,(H,15,16). The summed E-state index contributed by atoms with van der Waals surface area (Å²) in [6, 6.07) is 9.14. The number of amides is 1. The zero-order valence-electron chi connectivity index (χ0n) is 10.2. The van der Waals surface area contributed by atoms with Crippen molar-refractivity contribution >= 4 is 6.09 Å². The summed E-state index contributed by atoms with van der Waals surface area (Å²) < 4.78 is 5.15. The number of nitrogens with one attached hydrogen (secondary N) is 1. The predicted octanol–water partition coefficient (Wildman–Crippen LogP) is 3.21. The summed E-state index contributed by atoms with van der Waals surface area (Å²) in [7, 11) is 0. The van der Waals surface area contributed by atoms with Crippen LogP contribution in [0.25, 0.3) is 0 Å². The van der Waals surface area contributed by atoms with Gasteiger partial charge in [0, 0.05) is 6.54 Å². The molecular formula is C14H19NO2. The van der Waals surface area contributed by atoms with E-state index >= 15 is 0 Å². The monoisotopic (exact) mass is 233 g/mol. The highest BCUT2D eigenvalue weighted by molar-refractivity contribution is 5.70. The average Bonchev–Trinajstić information content (AvgIpc) is 2.74. The summed E-state index contributed by atoms with van der Waals surface area (Å²) in [5.74, 6) is 2.00. The topological polar surface area (TPSA) is 38.3 Å². The zero-order chi connectivity index (χ0) is 12.1. The lowest BCUT2D eigenvalue weighted by Crippen LogP contribution is -2.31. The lowest BCUT2D eigenvalue weighted by atomic mass is 10.1. The fourth-order valence-corrected chi connectivity index (χ4v) is 2.37. The molecule has 2 unspecified atom stereocenters. The van der Waals surface area contributed by atoms with Gasteiger partial charge < -0.3 is 10.1 Å². The number of ether oxygens (including phenoxy) is 1.